The fourth-order valence-corrected chi connectivity index (χ4v) is 5.09. The first-order valence-electron chi connectivity index (χ1n) is 12.5. The predicted octanol–water partition coefficient (Wildman–Crippen LogP) is -0.215. The number of aryl methyl sites for hydroxylation is 1. The molecule has 1 amide bonds. The van der Waals surface area contributed by atoms with Crippen molar-refractivity contribution in [1.82, 2.24) is 10.2 Å². The molecule has 0 bridgehead atoms. The average molecular weight is 572 g/mol. The number of hydrogen-bond acceptors (Lipinski definition) is 9. The summed E-state index contributed by atoms with van der Waals surface area (Å²) < 4.78 is 41.3. The first-order chi connectivity index (χ1) is 18.3. The highest BCUT2D eigenvalue weighted by molar-refractivity contribution is 7.90. The summed E-state index contributed by atoms with van der Waals surface area (Å²) in [4.78, 5) is 25.3. The van der Waals surface area contributed by atoms with Crippen molar-refractivity contribution in [1.29, 1.82) is 0 Å². The molecular weight excluding hydrogens is 534 g/mol. The average Bonchev–Trinajstić information content (AvgIpc) is 2.88. The van der Waals surface area contributed by atoms with Gasteiger partial charge in [-0.25, -0.2) is 4.79 Å². The topological polar surface area (TPSA) is 195 Å². The molecule has 13 nitrogen and oxygen atoms in total. The largest absolute Gasteiger partial charge is 0.478 e. The number of sulfonamides is 1. The van der Waals surface area contributed by atoms with E-state index in [0.29, 0.717) is 13.1 Å². The maximum Gasteiger partial charge on any atom is 0.370 e. The van der Waals surface area contributed by atoms with Crippen LogP contribution in [0, 0.1) is 6.92 Å². The van der Waals surface area contributed by atoms with Gasteiger partial charge in [0.25, 0.3) is 10.0 Å². The van der Waals surface area contributed by atoms with E-state index in [9.17, 15) is 38.4 Å². The summed E-state index contributed by atoms with van der Waals surface area (Å²) in [5.41, 5.74) is 0.893. The lowest BCUT2D eigenvalue weighted by Gasteiger charge is -2.39. The highest BCUT2D eigenvalue weighted by atomic mass is 32.2. The Kier molecular flexibility index (Phi) is 11.9. The minimum Gasteiger partial charge on any atom is -0.478 e. The van der Waals surface area contributed by atoms with Gasteiger partial charge in [0.2, 0.25) is 11.7 Å². The van der Waals surface area contributed by atoms with E-state index < -0.39 is 64.7 Å². The van der Waals surface area contributed by atoms with Gasteiger partial charge in [0.05, 0.1) is 24.2 Å². The third-order valence-electron chi connectivity index (χ3n) is 6.09. The molecule has 0 radical (unpaired) electrons. The van der Waals surface area contributed by atoms with E-state index in [1.807, 2.05) is 20.8 Å². The molecule has 14 heteroatoms. The summed E-state index contributed by atoms with van der Waals surface area (Å²) in [5, 5.41) is 41.7. The number of carboxylic acids is 1. The van der Waals surface area contributed by atoms with Gasteiger partial charge in [0, 0.05) is 26.4 Å². The maximum absolute atomic E-state index is 13.0. The van der Waals surface area contributed by atoms with Crippen LogP contribution < -0.4 is 5.32 Å². The molecule has 1 aromatic rings. The number of nitrogens with zero attached hydrogens (tertiary/aromatic N) is 2. The number of amides is 1. The van der Waals surface area contributed by atoms with Crippen molar-refractivity contribution in [2.45, 2.75) is 69.5 Å². The van der Waals surface area contributed by atoms with Crippen LogP contribution in [0.3, 0.4) is 0 Å². The van der Waals surface area contributed by atoms with Crippen LogP contribution in [0.2, 0.25) is 0 Å². The Morgan fingerprint density at radius 2 is 1.79 bits per heavy atom. The smallest absolute Gasteiger partial charge is 0.370 e. The van der Waals surface area contributed by atoms with Crippen LogP contribution in [0.4, 0.5) is 0 Å². The summed E-state index contributed by atoms with van der Waals surface area (Å²) in [5.74, 6) is -2.39. The van der Waals surface area contributed by atoms with Gasteiger partial charge in [-0.3, -0.25) is 4.79 Å². The molecule has 0 fully saturated rings. The summed E-state index contributed by atoms with van der Waals surface area (Å²) in [6.45, 7) is 6.64. The Labute approximate surface area is 227 Å². The van der Waals surface area contributed by atoms with Crippen LogP contribution in [-0.2, 0) is 29.1 Å². The molecule has 0 aromatic heterocycles. The lowest BCUT2D eigenvalue weighted by molar-refractivity contribution is -0.151. The van der Waals surface area contributed by atoms with Crippen molar-refractivity contribution in [3.8, 4) is 0 Å². The van der Waals surface area contributed by atoms with Gasteiger partial charge in [0.1, 0.15) is 24.1 Å². The van der Waals surface area contributed by atoms with Crippen LogP contribution in [0.1, 0.15) is 32.8 Å². The van der Waals surface area contributed by atoms with Gasteiger partial charge >= 0.3 is 5.97 Å². The van der Waals surface area contributed by atoms with Gasteiger partial charge in [0.15, 0.2) is 6.10 Å². The number of aliphatic hydroxyl groups is 3. The molecule has 0 saturated heterocycles. The van der Waals surface area contributed by atoms with E-state index in [1.54, 1.807) is 17.0 Å². The SMILES string of the molecule is CCN(CC)/C(CCO[C@H]1C=C(C(=O)O)O[C@@H]([C@H](O)[C@H](O)CO)[C@@H]1NC(C)=O)=N\S(=O)(=O)c1ccc(C)cc1. The molecule has 1 aliphatic heterocycles. The standard InChI is InChI=1S/C25H37N3O10S/c1-5-28(6-2)21(27-39(35,36)17-9-7-15(3)8-10-17)11-12-37-19-13-20(25(33)34)38-24(22(19)26-16(4)30)23(32)18(31)14-29/h7-10,13,18-19,22-24,29,31-32H,5-6,11-12,14H2,1-4H3,(H,26,30)(H,33,34)/b27-21-/t18-,19+,22-,23-,24-/m1/s1. The van der Waals surface area contributed by atoms with Crippen LogP contribution in [0.15, 0.2) is 45.4 Å². The molecule has 0 aliphatic carbocycles. The first-order valence-corrected chi connectivity index (χ1v) is 13.9. The highest BCUT2D eigenvalue weighted by Gasteiger charge is 2.44. The van der Waals surface area contributed by atoms with Crippen LogP contribution in [-0.4, -0.2) is 108 Å². The van der Waals surface area contributed by atoms with Gasteiger partial charge in [-0.2, -0.15) is 8.42 Å². The lowest BCUT2D eigenvalue weighted by Crippen LogP contribution is -2.60. The zero-order chi connectivity index (χ0) is 29.3. The minimum absolute atomic E-state index is 0.0135. The number of rotatable bonds is 13. The van der Waals surface area contributed by atoms with E-state index in [0.717, 1.165) is 11.6 Å². The zero-order valence-corrected chi connectivity index (χ0v) is 23.2. The van der Waals surface area contributed by atoms with E-state index in [1.165, 1.54) is 19.1 Å². The second-order valence-electron chi connectivity index (χ2n) is 8.94. The van der Waals surface area contributed by atoms with Crippen molar-refractivity contribution in [2.24, 2.45) is 4.40 Å². The molecule has 0 spiro atoms. The predicted molar refractivity (Wildman–Crippen MR) is 140 cm³/mol. The third kappa shape index (κ3) is 8.73. The molecule has 1 heterocycles. The number of aliphatic hydroxyl groups excluding tert-OH is 3. The Hall–Kier alpha value is -3.04. The summed E-state index contributed by atoms with van der Waals surface area (Å²) >= 11 is 0. The van der Waals surface area contributed by atoms with E-state index >= 15 is 0 Å². The van der Waals surface area contributed by atoms with Gasteiger partial charge < -0.3 is 40.1 Å². The molecule has 0 unspecified atom stereocenters. The Balaban J connectivity index is 2.36. The zero-order valence-electron chi connectivity index (χ0n) is 22.4. The van der Waals surface area contributed by atoms with Crippen molar-refractivity contribution < 1.29 is 47.9 Å². The minimum atomic E-state index is -4.04. The normalized spacial score (nSPS) is 21.4. The summed E-state index contributed by atoms with van der Waals surface area (Å²) in [7, 11) is -4.04. The number of carbonyl (C=O) groups is 2. The number of aliphatic carboxylic acids is 1. The Morgan fingerprint density at radius 1 is 1.18 bits per heavy atom. The van der Waals surface area contributed by atoms with Crippen molar-refractivity contribution in [3.63, 3.8) is 0 Å². The molecule has 5 N–H and O–H groups in total. The number of carboxylic acid groups (broad SMARTS) is 1. The molecule has 1 aromatic carbocycles. The molecule has 39 heavy (non-hydrogen) atoms. The second-order valence-corrected chi connectivity index (χ2v) is 10.5. The quantitative estimate of drug-likeness (QED) is 0.155. The number of benzene rings is 1. The fraction of sp³-hybridized carbons (Fsp3) is 0.560. The molecule has 218 valence electrons. The summed E-state index contributed by atoms with van der Waals surface area (Å²) in [6, 6.07) is 5.12. The number of nitrogens with one attached hydrogen (secondary N) is 1. The van der Waals surface area contributed by atoms with Crippen LogP contribution in [0.25, 0.3) is 0 Å². The third-order valence-corrected chi connectivity index (χ3v) is 7.41. The van der Waals surface area contributed by atoms with Crippen molar-refractivity contribution in [2.75, 3.05) is 26.3 Å². The summed E-state index contributed by atoms with van der Waals surface area (Å²) in [6.07, 6.45) is -4.96. The van der Waals surface area contributed by atoms with E-state index in [-0.39, 0.29) is 23.8 Å². The van der Waals surface area contributed by atoms with Crippen LogP contribution in [0.5, 0.6) is 0 Å². The van der Waals surface area contributed by atoms with Crippen molar-refractivity contribution >= 4 is 27.7 Å². The number of carbonyl (C=O) groups excluding carboxylic acids is 1. The van der Waals surface area contributed by atoms with Gasteiger partial charge in [-0.15, -0.1) is 4.40 Å². The fourth-order valence-electron chi connectivity index (χ4n) is 4.02. The number of ether oxygens (including phenoxy) is 2. The molecular formula is C25H37N3O10S. The van der Waals surface area contributed by atoms with Crippen LogP contribution >= 0.6 is 0 Å². The molecule has 0 saturated carbocycles. The second kappa shape index (κ2) is 14.4. The van der Waals surface area contributed by atoms with Gasteiger partial charge in [-0.05, 0) is 39.0 Å². The molecule has 5 atom stereocenters. The highest BCUT2D eigenvalue weighted by Crippen LogP contribution is 2.25. The Bertz CT molecular complexity index is 1150. The van der Waals surface area contributed by atoms with E-state index in [4.69, 9.17) is 9.47 Å². The number of amidine groups is 1. The number of hydrogen-bond donors (Lipinski definition) is 5. The monoisotopic (exact) mass is 571 g/mol. The maximum atomic E-state index is 13.0. The first kappa shape index (κ1) is 32.2. The lowest BCUT2D eigenvalue weighted by atomic mass is 9.93. The molecule has 1 aliphatic rings. The Morgan fingerprint density at radius 3 is 2.31 bits per heavy atom. The van der Waals surface area contributed by atoms with Crippen molar-refractivity contribution in [3.05, 3.63) is 41.7 Å². The molecule has 2 rings (SSSR count). The van der Waals surface area contributed by atoms with Gasteiger partial charge in [-0.1, -0.05) is 17.7 Å². The van der Waals surface area contributed by atoms with E-state index in [2.05, 4.69) is 9.71 Å².